The Morgan fingerprint density at radius 2 is 1.83 bits per heavy atom. The molecule has 2 atom stereocenters. The fourth-order valence-corrected chi connectivity index (χ4v) is 4.91. The lowest BCUT2D eigenvalue weighted by Crippen LogP contribution is -2.47. The summed E-state index contributed by atoms with van der Waals surface area (Å²) in [5.74, 6) is 1.71. The SMILES string of the molecule is O=c1cccc2n1C[C@@H]1C[C@H]2CN(c2ncnc3c2cnn3-c2ccccc2)C1. The number of rotatable bonds is 2. The lowest BCUT2D eigenvalue weighted by atomic mass is 9.83. The molecule has 2 aliphatic rings. The van der Waals surface area contributed by atoms with Crippen LogP contribution >= 0.6 is 0 Å². The molecule has 3 aromatic heterocycles. The zero-order chi connectivity index (χ0) is 19.4. The van der Waals surface area contributed by atoms with Crippen molar-refractivity contribution in [1.82, 2.24) is 24.3 Å². The van der Waals surface area contributed by atoms with E-state index in [-0.39, 0.29) is 5.56 Å². The van der Waals surface area contributed by atoms with Crippen molar-refractivity contribution in [3.8, 4) is 5.69 Å². The highest BCUT2D eigenvalue weighted by molar-refractivity contribution is 5.87. The molecule has 144 valence electrons. The maximum atomic E-state index is 12.3. The summed E-state index contributed by atoms with van der Waals surface area (Å²) in [5, 5.41) is 5.54. The van der Waals surface area contributed by atoms with E-state index in [4.69, 9.17) is 0 Å². The second-order valence-corrected chi connectivity index (χ2v) is 7.93. The number of aromatic nitrogens is 5. The molecule has 0 unspecified atom stereocenters. The number of pyridine rings is 1. The molecule has 2 bridgehead atoms. The van der Waals surface area contributed by atoms with Crippen LogP contribution in [0.15, 0.2) is 65.8 Å². The predicted octanol–water partition coefficient (Wildman–Crippen LogP) is 2.60. The molecule has 0 spiro atoms. The molecule has 0 N–H and O–H groups in total. The molecule has 7 heteroatoms. The van der Waals surface area contributed by atoms with Crippen LogP contribution in [0.2, 0.25) is 0 Å². The van der Waals surface area contributed by atoms with Crippen molar-refractivity contribution >= 4 is 16.9 Å². The van der Waals surface area contributed by atoms with Gasteiger partial charge in [0.15, 0.2) is 5.65 Å². The van der Waals surface area contributed by atoms with Crippen LogP contribution in [0.5, 0.6) is 0 Å². The van der Waals surface area contributed by atoms with Crippen LogP contribution in [0, 0.1) is 5.92 Å². The Morgan fingerprint density at radius 1 is 0.931 bits per heavy atom. The summed E-state index contributed by atoms with van der Waals surface area (Å²) in [6, 6.07) is 15.7. The Bertz CT molecular complexity index is 1260. The summed E-state index contributed by atoms with van der Waals surface area (Å²) in [4.78, 5) is 23.8. The van der Waals surface area contributed by atoms with Gasteiger partial charge in [0.25, 0.3) is 5.56 Å². The van der Waals surface area contributed by atoms with Gasteiger partial charge in [-0.05, 0) is 30.5 Å². The van der Waals surface area contributed by atoms with Crippen LogP contribution in [0.1, 0.15) is 18.0 Å². The second-order valence-electron chi connectivity index (χ2n) is 7.93. The van der Waals surface area contributed by atoms with Crippen molar-refractivity contribution < 1.29 is 0 Å². The predicted molar refractivity (Wildman–Crippen MR) is 110 cm³/mol. The van der Waals surface area contributed by atoms with Gasteiger partial charge in [0.1, 0.15) is 12.1 Å². The largest absolute Gasteiger partial charge is 0.355 e. The molecular weight excluding hydrogens is 364 g/mol. The first-order chi connectivity index (χ1) is 14.3. The molecule has 4 aromatic rings. The second kappa shape index (κ2) is 6.27. The summed E-state index contributed by atoms with van der Waals surface area (Å²) >= 11 is 0. The molecule has 2 aliphatic heterocycles. The van der Waals surface area contributed by atoms with Crippen LogP contribution in [-0.2, 0) is 6.54 Å². The van der Waals surface area contributed by atoms with Gasteiger partial charge in [0.2, 0.25) is 0 Å². The minimum atomic E-state index is 0.110. The fraction of sp³-hybridized carbons (Fsp3) is 0.273. The van der Waals surface area contributed by atoms with Crippen molar-refractivity contribution in [3.63, 3.8) is 0 Å². The molecule has 0 aliphatic carbocycles. The minimum absolute atomic E-state index is 0.110. The molecule has 1 fully saturated rings. The Labute approximate surface area is 167 Å². The molecule has 7 nitrogen and oxygen atoms in total. The average Bonchev–Trinajstić information content (AvgIpc) is 3.19. The van der Waals surface area contributed by atoms with Crippen molar-refractivity contribution in [2.75, 3.05) is 18.0 Å². The van der Waals surface area contributed by atoms with Crippen molar-refractivity contribution in [1.29, 1.82) is 0 Å². The maximum absolute atomic E-state index is 12.3. The van der Waals surface area contributed by atoms with Crippen LogP contribution in [-0.4, -0.2) is 37.4 Å². The normalized spacial score (nSPS) is 20.6. The highest BCUT2D eigenvalue weighted by Gasteiger charge is 2.35. The van der Waals surface area contributed by atoms with E-state index in [1.165, 1.54) is 0 Å². The Kier molecular flexibility index (Phi) is 3.56. The first-order valence-electron chi connectivity index (χ1n) is 9.97. The Hall–Kier alpha value is -3.48. The topological polar surface area (TPSA) is 68.8 Å². The molecule has 1 aromatic carbocycles. The zero-order valence-corrected chi connectivity index (χ0v) is 15.8. The van der Waals surface area contributed by atoms with Gasteiger partial charge in [-0.2, -0.15) is 5.10 Å². The van der Waals surface area contributed by atoms with Gasteiger partial charge in [-0.1, -0.05) is 24.3 Å². The van der Waals surface area contributed by atoms with Gasteiger partial charge in [-0.3, -0.25) is 4.79 Å². The molecule has 0 amide bonds. The smallest absolute Gasteiger partial charge is 0.250 e. The molecule has 0 radical (unpaired) electrons. The number of hydrogen-bond donors (Lipinski definition) is 0. The first kappa shape index (κ1) is 16.5. The number of para-hydroxylation sites is 1. The van der Waals surface area contributed by atoms with Crippen molar-refractivity contribution in [2.24, 2.45) is 5.92 Å². The number of fused-ring (bicyclic) bond motifs is 5. The van der Waals surface area contributed by atoms with Gasteiger partial charge in [0, 0.05) is 37.3 Å². The Morgan fingerprint density at radius 3 is 2.72 bits per heavy atom. The lowest BCUT2D eigenvalue weighted by molar-refractivity contribution is 0.281. The van der Waals surface area contributed by atoms with E-state index in [2.05, 4.69) is 26.0 Å². The minimum Gasteiger partial charge on any atom is -0.355 e. The van der Waals surface area contributed by atoms with E-state index in [0.717, 1.165) is 54.3 Å². The summed E-state index contributed by atoms with van der Waals surface area (Å²) in [5.41, 5.74) is 3.05. The first-order valence-corrected chi connectivity index (χ1v) is 9.97. The number of piperidine rings is 1. The quantitative estimate of drug-likeness (QED) is 0.531. The summed E-state index contributed by atoms with van der Waals surface area (Å²) in [6.45, 7) is 2.52. The zero-order valence-electron chi connectivity index (χ0n) is 15.8. The number of hydrogen-bond acceptors (Lipinski definition) is 5. The molecule has 6 rings (SSSR count). The van der Waals surface area contributed by atoms with Gasteiger partial charge >= 0.3 is 0 Å². The van der Waals surface area contributed by atoms with Crippen molar-refractivity contribution in [3.05, 3.63) is 77.1 Å². The van der Waals surface area contributed by atoms with Gasteiger partial charge in [-0.25, -0.2) is 14.6 Å². The van der Waals surface area contributed by atoms with E-state index in [0.29, 0.717) is 11.8 Å². The van der Waals surface area contributed by atoms with E-state index in [9.17, 15) is 4.79 Å². The van der Waals surface area contributed by atoms with Crippen LogP contribution < -0.4 is 10.5 Å². The third-order valence-corrected chi connectivity index (χ3v) is 6.12. The van der Waals surface area contributed by atoms with Crippen molar-refractivity contribution in [2.45, 2.75) is 18.9 Å². The maximum Gasteiger partial charge on any atom is 0.250 e. The highest BCUT2D eigenvalue weighted by atomic mass is 16.1. The average molecular weight is 384 g/mol. The van der Waals surface area contributed by atoms with E-state index in [1.54, 1.807) is 12.4 Å². The van der Waals surface area contributed by atoms with Crippen LogP contribution in [0.4, 0.5) is 5.82 Å². The molecular formula is C22H20N6O. The monoisotopic (exact) mass is 384 g/mol. The third kappa shape index (κ3) is 2.57. The number of benzene rings is 1. The molecule has 1 saturated heterocycles. The summed E-state index contributed by atoms with van der Waals surface area (Å²) < 4.78 is 3.82. The van der Waals surface area contributed by atoms with Crippen LogP contribution in [0.25, 0.3) is 16.7 Å². The number of nitrogens with zero attached hydrogens (tertiary/aromatic N) is 6. The standard InChI is InChI=1S/C22H20N6O/c29-20-8-4-7-19-16-9-15(12-27(19)20)11-26(13-16)21-18-10-25-28(22(18)24-14-23-21)17-5-2-1-3-6-17/h1-8,10,14-16H,9,11-13H2/t15-,16+/m1/s1. The molecule has 5 heterocycles. The highest BCUT2D eigenvalue weighted by Crippen LogP contribution is 2.37. The number of anilines is 1. The molecule has 29 heavy (non-hydrogen) atoms. The molecule has 0 saturated carbocycles. The summed E-state index contributed by atoms with van der Waals surface area (Å²) in [7, 11) is 0. The van der Waals surface area contributed by atoms with Gasteiger partial charge in [-0.15, -0.1) is 0 Å². The van der Waals surface area contributed by atoms with Crippen LogP contribution in [0.3, 0.4) is 0 Å². The Balaban J connectivity index is 1.41. The van der Waals surface area contributed by atoms with Gasteiger partial charge < -0.3 is 9.47 Å². The van der Waals surface area contributed by atoms with E-state index >= 15 is 0 Å². The van der Waals surface area contributed by atoms with E-state index in [1.807, 2.05) is 51.8 Å². The van der Waals surface area contributed by atoms with Gasteiger partial charge in [0.05, 0.1) is 17.3 Å². The van der Waals surface area contributed by atoms with E-state index < -0.39 is 0 Å². The summed E-state index contributed by atoms with van der Waals surface area (Å²) in [6.07, 6.45) is 4.61. The lowest BCUT2D eigenvalue weighted by Gasteiger charge is -2.43. The fourth-order valence-electron chi connectivity index (χ4n) is 4.91. The third-order valence-electron chi connectivity index (χ3n) is 6.12.